The van der Waals surface area contributed by atoms with E-state index in [9.17, 15) is 9.18 Å². The van der Waals surface area contributed by atoms with Crippen LogP contribution in [-0.2, 0) is 4.79 Å². The minimum Gasteiger partial charge on any atom is -0.272 e. The number of carbonyl (C=O) groups excluding carboxylic acids is 1. The number of halogens is 1. The van der Waals surface area contributed by atoms with Crippen LogP contribution in [0.2, 0.25) is 0 Å². The van der Waals surface area contributed by atoms with E-state index in [4.69, 9.17) is 0 Å². The molecule has 0 saturated heterocycles. The molecule has 120 valence electrons. The van der Waals surface area contributed by atoms with Crippen LogP contribution >= 0.6 is 11.8 Å². The highest BCUT2D eigenvalue weighted by molar-refractivity contribution is 8.00. The minimum atomic E-state index is -0.291. The van der Waals surface area contributed by atoms with Crippen LogP contribution in [0.5, 0.6) is 0 Å². The van der Waals surface area contributed by atoms with E-state index < -0.39 is 0 Å². The van der Waals surface area contributed by atoms with Gasteiger partial charge in [0.2, 0.25) is 5.91 Å². The molecular weight excluding hydrogens is 299 g/mol. The lowest BCUT2D eigenvalue weighted by Gasteiger charge is -2.22. The molecule has 0 atom stereocenters. The molecule has 0 aromatic heterocycles. The summed E-state index contributed by atoms with van der Waals surface area (Å²) < 4.78 is 13.4. The topological polar surface area (TPSA) is 41.5 Å². The quantitative estimate of drug-likeness (QED) is 0.624. The van der Waals surface area contributed by atoms with Crippen molar-refractivity contribution in [3.63, 3.8) is 0 Å². The third kappa shape index (κ3) is 5.44. The molecule has 0 unspecified atom stereocenters. The summed E-state index contributed by atoms with van der Waals surface area (Å²) in [6.07, 6.45) is 6.83. The van der Waals surface area contributed by atoms with E-state index in [2.05, 4.69) is 17.5 Å². The Morgan fingerprint density at radius 3 is 2.77 bits per heavy atom. The third-order valence-electron chi connectivity index (χ3n) is 3.91. The molecule has 1 N–H and O–H groups in total. The Hall–Kier alpha value is -1.36. The van der Waals surface area contributed by atoms with Gasteiger partial charge in [-0.1, -0.05) is 31.9 Å². The molecule has 1 aromatic carbocycles. The summed E-state index contributed by atoms with van der Waals surface area (Å²) in [6, 6.07) is 6.47. The molecule has 1 saturated carbocycles. The summed E-state index contributed by atoms with van der Waals surface area (Å²) in [5.41, 5.74) is 3.67. The number of benzene rings is 1. The van der Waals surface area contributed by atoms with Crippen LogP contribution in [0, 0.1) is 11.7 Å². The highest BCUT2D eigenvalue weighted by Gasteiger charge is 2.17. The molecule has 22 heavy (non-hydrogen) atoms. The van der Waals surface area contributed by atoms with E-state index in [1.165, 1.54) is 43.5 Å². The lowest BCUT2D eigenvalue weighted by Crippen LogP contribution is -2.23. The number of carbonyl (C=O) groups is 1. The highest BCUT2D eigenvalue weighted by atomic mass is 32.2. The maximum atomic E-state index is 13.4. The normalized spacial score (nSPS) is 18.1. The average molecular weight is 322 g/mol. The first kappa shape index (κ1) is 17.0. The summed E-state index contributed by atoms with van der Waals surface area (Å²) in [6.45, 7) is 2.22. The van der Waals surface area contributed by atoms with Crippen LogP contribution < -0.4 is 5.43 Å². The second kappa shape index (κ2) is 8.93. The zero-order valence-electron chi connectivity index (χ0n) is 13.0. The van der Waals surface area contributed by atoms with E-state index >= 15 is 0 Å². The minimum absolute atomic E-state index is 0.177. The number of nitrogens with zero attached hydrogens (tertiary/aromatic N) is 1. The number of nitrogens with one attached hydrogen (secondary N) is 1. The molecule has 1 fully saturated rings. The second-order valence-corrected chi connectivity index (χ2v) is 6.68. The Labute approximate surface area is 135 Å². The average Bonchev–Trinajstić information content (AvgIpc) is 2.54. The highest BCUT2D eigenvalue weighted by Crippen LogP contribution is 2.26. The number of rotatable bonds is 6. The fourth-order valence-corrected chi connectivity index (χ4v) is 3.43. The SMILES string of the molecule is CCCC1CCC(=NNC(=O)CSc2ccccc2F)CC1. The van der Waals surface area contributed by atoms with Gasteiger partial charge in [-0.15, -0.1) is 11.8 Å². The number of hydrazone groups is 1. The van der Waals surface area contributed by atoms with Crippen molar-refractivity contribution in [3.05, 3.63) is 30.1 Å². The van der Waals surface area contributed by atoms with Gasteiger partial charge in [-0.2, -0.15) is 5.10 Å². The zero-order chi connectivity index (χ0) is 15.8. The monoisotopic (exact) mass is 322 g/mol. The lowest BCUT2D eigenvalue weighted by atomic mass is 9.85. The molecule has 0 heterocycles. The van der Waals surface area contributed by atoms with Crippen LogP contribution in [0.4, 0.5) is 4.39 Å². The van der Waals surface area contributed by atoms with Gasteiger partial charge in [0.1, 0.15) is 5.82 Å². The van der Waals surface area contributed by atoms with Gasteiger partial charge in [-0.3, -0.25) is 4.79 Å². The maximum absolute atomic E-state index is 13.4. The lowest BCUT2D eigenvalue weighted by molar-refractivity contribution is -0.118. The smallest absolute Gasteiger partial charge is 0.250 e. The van der Waals surface area contributed by atoms with E-state index in [-0.39, 0.29) is 17.5 Å². The second-order valence-electron chi connectivity index (χ2n) is 5.66. The van der Waals surface area contributed by atoms with E-state index in [0.29, 0.717) is 4.90 Å². The van der Waals surface area contributed by atoms with Gasteiger partial charge in [0.15, 0.2) is 0 Å². The van der Waals surface area contributed by atoms with Gasteiger partial charge in [-0.25, -0.2) is 9.82 Å². The van der Waals surface area contributed by atoms with Gasteiger partial charge < -0.3 is 0 Å². The summed E-state index contributed by atoms with van der Waals surface area (Å²) >= 11 is 1.19. The first-order valence-electron chi connectivity index (χ1n) is 7.90. The number of hydrogen-bond donors (Lipinski definition) is 1. The molecule has 2 rings (SSSR count). The van der Waals surface area contributed by atoms with Crippen molar-refractivity contribution in [1.29, 1.82) is 0 Å². The van der Waals surface area contributed by atoms with Crippen LogP contribution in [-0.4, -0.2) is 17.4 Å². The van der Waals surface area contributed by atoms with E-state index in [1.54, 1.807) is 18.2 Å². The Bertz CT molecular complexity index is 523. The summed E-state index contributed by atoms with van der Waals surface area (Å²) in [5, 5.41) is 4.22. The molecule has 0 aliphatic heterocycles. The van der Waals surface area contributed by atoms with Crippen molar-refractivity contribution in [1.82, 2.24) is 5.43 Å². The fraction of sp³-hybridized carbons (Fsp3) is 0.529. The standard InChI is InChI=1S/C17H23FN2OS/c1-2-5-13-8-10-14(11-9-13)19-20-17(21)12-22-16-7-4-3-6-15(16)18/h3-4,6-7,13H,2,5,8-12H2,1H3,(H,20,21). The molecule has 1 aliphatic rings. The Morgan fingerprint density at radius 1 is 1.36 bits per heavy atom. The maximum Gasteiger partial charge on any atom is 0.250 e. The van der Waals surface area contributed by atoms with Crippen LogP contribution in [0.25, 0.3) is 0 Å². The predicted octanol–water partition coefficient (Wildman–Crippen LogP) is 4.38. The number of hydrogen-bond acceptors (Lipinski definition) is 3. The predicted molar refractivity (Wildman–Crippen MR) is 89.6 cm³/mol. The molecule has 1 amide bonds. The van der Waals surface area contributed by atoms with Crippen LogP contribution in [0.3, 0.4) is 0 Å². The van der Waals surface area contributed by atoms with E-state index in [1.807, 2.05) is 0 Å². The van der Waals surface area contributed by atoms with Crippen molar-refractivity contribution in [2.24, 2.45) is 11.0 Å². The van der Waals surface area contributed by atoms with Crippen molar-refractivity contribution < 1.29 is 9.18 Å². The fourth-order valence-electron chi connectivity index (χ4n) is 2.70. The van der Waals surface area contributed by atoms with Gasteiger partial charge >= 0.3 is 0 Å². The first-order chi connectivity index (χ1) is 10.7. The van der Waals surface area contributed by atoms with Gasteiger partial charge in [-0.05, 0) is 43.7 Å². The Kier molecular flexibility index (Phi) is 6.90. The van der Waals surface area contributed by atoms with Crippen molar-refractivity contribution in [3.8, 4) is 0 Å². The van der Waals surface area contributed by atoms with Crippen molar-refractivity contribution >= 4 is 23.4 Å². The summed E-state index contributed by atoms with van der Waals surface area (Å²) in [5.74, 6) is 0.518. The first-order valence-corrected chi connectivity index (χ1v) is 8.89. The van der Waals surface area contributed by atoms with Gasteiger partial charge in [0.25, 0.3) is 0 Å². The largest absolute Gasteiger partial charge is 0.272 e. The summed E-state index contributed by atoms with van der Waals surface area (Å²) in [7, 11) is 0. The molecule has 3 nitrogen and oxygen atoms in total. The van der Waals surface area contributed by atoms with Gasteiger partial charge in [0.05, 0.1) is 5.75 Å². The molecule has 0 spiro atoms. The zero-order valence-corrected chi connectivity index (χ0v) is 13.8. The molecule has 0 radical (unpaired) electrons. The third-order valence-corrected chi connectivity index (χ3v) is 4.96. The van der Waals surface area contributed by atoms with Gasteiger partial charge in [0, 0.05) is 10.6 Å². The molecule has 0 bridgehead atoms. The van der Waals surface area contributed by atoms with Crippen LogP contribution in [0.15, 0.2) is 34.3 Å². The molecule has 5 heteroatoms. The molecule has 1 aliphatic carbocycles. The van der Waals surface area contributed by atoms with Crippen molar-refractivity contribution in [2.75, 3.05) is 5.75 Å². The molecule has 1 aromatic rings. The Morgan fingerprint density at radius 2 is 2.09 bits per heavy atom. The number of thioether (sulfide) groups is 1. The van der Waals surface area contributed by atoms with E-state index in [0.717, 1.165) is 24.5 Å². The molecular formula is C17H23FN2OS. The number of amides is 1. The summed E-state index contributed by atoms with van der Waals surface area (Å²) in [4.78, 5) is 12.3. The van der Waals surface area contributed by atoms with Crippen molar-refractivity contribution in [2.45, 2.75) is 50.3 Å². The Balaban J connectivity index is 1.72. The van der Waals surface area contributed by atoms with Crippen LogP contribution in [0.1, 0.15) is 45.4 Å².